The molecule has 1 amide bonds. The van der Waals surface area contributed by atoms with E-state index in [1.807, 2.05) is 24.3 Å². The molecule has 0 atom stereocenters. The lowest BCUT2D eigenvalue weighted by molar-refractivity contribution is 0.0747. The molecule has 150 valence electrons. The van der Waals surface area contributed by atoms with Crippen molar-refractivity contribution >= 4 is 27.3 Å². The maximum absolute atomic E-state index is 12.9. The second kappa shape index (κ2) is 8.10. The van der Waals surface area contributed by atoms with Crippen molar-refractivity contribution in [2.24, 2.45) is 0 Å². The summed E-state index contributed by atoms with van der Waals surface area (Å²) in [6.45, 7) is 4.48. The number of nitrogens with one attached hydrogen (secondary N) is 1. The van der Waals surface area contributed by atoms with Gasteiger partial charge in [0.25, 0.3) is 5.91 Å². The normalized spacial score (nSPS) is 14.7. The highest BCUT2D eigenvalue weighted by Gasteiger charge is 2.23. The third-order valence-electron chi connectivity index (χ3n) is 4.78. The molecule has 7 nitrogen and oxygen atoms in total. The van der Waals surface area contributed by atoms with Gasteiger partial charge in [-0.15, -0.1) is 0 Å². The quantitative estimate of drug-likeness (QED) is 0.829. The number of aryl methyl sites for hydroxylation is 1. The molecule has 8 heteroatoms. The van der Waals surface area contributed by atoms with Crippen molar-refractivity contribution in [1.29, 1.82) is 0 Å². The third-order valence-corrected chi connectivity index (χ3v) is 5.38. The molecule has 0 unspecified atom stereocenters. The maximum Gasteiger partial charge on any atom is 0.254 e. The average Bonchev–Trinajstić information content (AvgIpc) is 2.68. The largest absolute Gasteiger partial charge is 0.497 e. The van der Waals surface area contributed by atoms with E-state index in [0.717, 1.165) is 36.3 Å². The van der Waals surface area contributed by atoms with E-state index in [1.165, 1.54) is 0 Å². The minimum Gasteiger partial charge on any atom is -0.497 e. The summed E-state index contributed by atoms with van der Waals surface area (Å²) in [7, 11) is -1.76. The molecule has 1 saturated heterocycles. The molecule has 0 radical (unpaired) electrons. The van der Waals surface area contributed by atoms with Crippen molar-refractivity contribution in [1.82, 2.24) is 4.90 Å². The van der Waals surface area contributed by atoms with Crippen LogP contribution in [0.1, 0.15) is 15.9 Å². The molecular weight excluding hydrogens is 378 g/mol. The summed E-state index contributed by atoms with van der Waals surface area (Å²) in [6.07, 6.45) is 1.10. The maximum atomic E-state index is 12.9. The molecule has 2 aromatic carbocycles. The molecule has 2 aromatic rings. The van der Waals surface area contributed by atoms with Crippen LogP contribution in [0.25, 0.3) is 0 Å². The monoisotopic (exact) mass is 403 g/mol. The minimum absolute atomic E-state index is 0.0917. The van der Waals surface area contributed by atoms with Crippen molar-refractivity contribution in [2.75, 3.05) is 49.2 Å². The Bertz CT molecular complexity index is 950. The third kappa shape index (κ3) is 4.75. The molecule has 0 aromatic heterocycles. The van der Waals surface area contributed by atoms with Gasteiger partial charge in [-0.2, -0.15) is 0 Å². The van der Waals surface area contributed by atoms with Gasteiger partial charge in [0.05, 0.1) is 19.1 Å². The second-order valence-corrected chi connectivity index (χ2v) is 8.63. The molecule has 1 heterocycles. The van der Waals surface area contributed by atoms with Crippen molar-refractivity contribution in [3.63, 3.8) is 0 Å². The zero-order valence-corrected chi connectivity index (χ0v) is 17.1. The Morgan fingerprint density at radius 2 is 1.68 bits per heavy atom. The molecule has 0 bridgehead atoms. The number of sulfonamides is 1. The van der Waals surface area contributed by atoms with Crippen molar-refractivity contribution in [2.45, 2.75) is 6.92 Å². The molecule has 0 saturated carbocycles. The lowest BCUT2D eigenvalue weighted by atomic mass is 10.1. The first-order chi connectivity index (χ1) is 13.3. The van der Waals surface area contributed by atoms with Crippen LogP contribution in [-0.4, -0.2) is 58.8 Å². The zero-order chi connectivity index (χ0) is 20.3. The summed E-state index contributed by atoms with van der Waals surface area (Å²) in [5, 5.41) is 0. The highest BCUT2D eigenvalue weighted by molar-refractivity contribution is 7.92. The predicted molar refractivity (Wildman–Crippen MR) is 111 cm³/mol. The lowest BCUT2D eigenvalue weighted by Crippen LogP contribution is -2.48. The van der Waals surface area contributed by atoms with Gasteiger partial charge in [-0.25, -0.2) is 8.42 Å². The van der Waals surface area contributed by atoms with Crippen LogP contribution < -0.4 is 14.4 Å². The van der Waals surface area contributed by atoms with Gasteiger partial charge in [-0.05, 0) is 48.9 Å². The SMILES string of the molecule is COc1ccc(N2CCN(C(=O)c3ccc(C)c(NS(C)(=O)=O)c3)CC2)cc1. The molecule has 28 heavy (non-hydrogen) atoms. The van der Waals surface area contributed by atoms with Crippen LogP contribution in [0.4, 0.5) is 11.4 Å². The Balaban J connectivity index is 1.67. The van der Waals surface area contributed by atoms with Crippen molar-refractivity contribution in [3.8, 4) is 5.75 Å². The fraction of sp³-hybridized carbons (Fsp3) is 0.350. The van der Waals surface area contributed by atoms with E-state index in [-0.39, 0.29) is 5.91 Å². The molecule has 1 aliphatic rings. The number of benzene rings is 2. The number of carbonyl (C=O) groups excluding carboxylic acids is 1. The number of anilines is 2. The molecule has 1 N–H and O–H groups in total. The van der Waals surface area contributed by atoms with E-state index >= 15 is 0 Å². The van der Waals surface area contributed by atoms with Crippen molar-refractivity contribution in [3.05, 3.63) is 53.6 Å². The number of carbonyl (C=O) groups is 1. The van der Waals surface area contributed by atoms with Crippen LogP contribution in [0.5, 0.6) is 5.75 Å². The molecule has 0 aliphatic carbocycles. The molecule has 0 spiro atoms. The van der Waals surface area contributed by atoms with Gasteiger partial charge in [0.2, 0.25) is 10.0 Å². The number of piperazine rings is 1. The van der Waals surface area contributed by atoms with Crippen molar-refractivity contribution < 1.29 is 17.9 Å². The van der Waals surface area contributed by atoms with Gasteiger partial charge < -0.3 is 14.5 Å². The second-order valence-electron chi connectivity index (χ2n) is 6.88. The number of rotatable bonds is 5. The predicted octanol–water partition coefficient (Wildman–Crippen LogP) is 2.34. The molecular formula is C20H25N3O4S. The Kier molecular flexibility index (Phi) is 5.79. The summed E-state index contributed by atoms with van der Waals surface area (Å²) < 4.78 is 30.7. The Labute approximate surface area is 166 Å². The van der Waals surface area contributed by atoms with Gasteiger partial charge in [-0.3, -0.25) is 9.52 Å². The highest BCUT2D eigenvalue weighted by Crippen LogP contribution is 2.22. The van der Waals surface area contributed by atoms with Gasteiger partial charge in [0.15, 0.2) is 0 Å². The zero-order valence-electron chi connectivity index (χ0n) is 16.3. The van der Waals surface area contributed by atoms with E-state index in [9.17, 15) is 13.2 Å². The van der Waals surface area contributed by atoms with Gasteiger partial charge in [-0.1, -0.05) is 6.07 Å². The highest BCUT2D eigenvalue weighted by atomic mass is 32.2. The smallest absolute Gasteiger partial charge is 0.254 e. The Morgan fingerprint density at radius 1 is 1.04 bits per heavy atom. The summed E-state index contributed by atoms with van der Waals surface area (Å²) in [6, 6.07) is 13.0. The van der Waals surface area contributed by atoms with Gasteiger partial charge in [0, 0.05) is 37.4 Å². The van der Waals surface area contributed by atoms with E-state index in [2.05, 4.69) is 9.62 Å². The van der Waals surface area contributed by atoms with E-state index in [0.29, 0.717) is 24.3 Å². The first-order valence-electron chi connectivity index (χ1n) is 9.03. The fourth-order valence-electron chi connectivity index (χ4n) is 3.21. The van der Waals surface area contributed by atoms with Crippen LogP contribution in [0.15, 0.2) is 42.5 Å². The van der Waals surface area contributed by atoms with Gasteiger partial charge >= 0.3 is 0 Å². The number of methoxy groups -OCH3 is 1. The summed E-state index contributed by atoms with van der Waals surface area (Å²) >= 11 is 0. The molecule has 3 rings (SSSR count). The summed E-state index contributed by atoms with van der Waals surface area (Å²) in [5.41, 5.74) is 2.79. The van der Waals surface area contributed by atoms with E-state index in [1.54, 1.807) is 37.1 Å². The molecule has 1 aliphatic heterocycles. The average molecular weight is 404 g/mol. The Hall–Kier alpha value is -2.74. The summed E-state index contributed by atoms with van der Waals surface area (Å²) in [5.74, 6) is 0.723. The molecule has 1 fully saturated rings. The lowest BCUT2D eigenvalue weighted by Gasteiger charge is -2.36. The van der Waals surface area contributed by atoms with Crippen LogP contribution >= 0.6 is 0 Å². The summed E-state index contributed by atoms with van der Waals surface area (Å²) in [4.78, 5) is 16.9. The van der Waals surface area contributed by atoms with Crippen LogP contribution in [0, 0.1) is 6.92 Å². The number of nitrogens with zero attached hydrogens (tertiary/aromatic N) is 2. The van der Waals surface area contributed by atoms with Crippen LogP contribution in [0.3, 0.4) is 0 Å². The minimum atomic E-state index is -3.40. The number of ether oxygens (including phenoxy) is 1. The number of hydrogen-bond acceptors (Lipinski definition) is 5. The first kappa shape index (κ1) is 20.0. The van der Waals surface area contributed by atoms with Crippen LogP contribution in [0.2, 0.25) is 0 Å². The standard InChI is InChI=1S/C20H25N3O4S/c1-15-4-5-16(14-19(15)21-28(3,25)26)20(24)23-12-10-22(11-13-23)17-6-8-18(27-2)9-7-17/h4-9,14,21H,10-13H2,1-3H3. The number of hydrogen-bond donors (Lipinski definition) is 1. The number of amides is 1. The van der Waals surface area contributed by atoms with Gasteiger partial charge in [0.1, 0.15) is 5.75 Å². The first-order valence-corrected chi connectivity index (χ1v) is 10.9. The topological polar surface area (TPSA) is 79.0 Å². The Morgan fingerprint density at radius 3 is 2.25 bits per heavy atom. The van der Waals surface area contributed by atoms with Crippen LogP contribution in [-0.2, 0) is 10.0 Å². The fourth-order valence-corrected chi connectivity index (χ4v) is 3.83. The van der Waals surface area contributed by atoms with E-state index < -0.39 is 10.0 Å². The van der Waals surface area contributed by atoms with E-state index in [4.69, 9.17) is 4.74 Å².